The van der Waals surface area contributed by atoms with Gasteiger partial charge in [-0.3, -0.25) is 0 Å². The van der Waals surface area contributed by atoms with Crippen LogP contribution in [0.5, 0.6) is 0 Å². The molecule has 0 bridgehead atoms. The van der Waals surface area contributed by atoms with Crippen LogP contribution in [0.15, 0.2) is 24.3 Å². The molecule has 2 heterocycles. The molecule has 2 aromatic rings. The van der Waals surface area contributed by atoms with Crippen LogP contribution in [0.25, 0.3) is 0 Å². The molecule has 1 aliphatic rings. The molecule has 3 rings (SSSR count). The molecule has 6 nitrogen and oxygen atoms in total. The topological polar surface area (TPSA) is 57.4 Å². The minimum atomic E-state index is 0.0629. The number of hydrogen-bond acceptors (Lipinski definition) is 5. The van der Waals surface area contributed by atoms with Crippen LogP contribution in [0, 0.1) is 0 Å². The van der Waals surface area contributed by atoms with E-state index in [1.54, 1.807) is 0 Å². The Balaban J connectivity index is 1.77. The van der Waals surface area contributed by atoms with Crippen LogP contribution in [0.1, 0.15) is 17.2 Å². The molecule has 1 fully saturated rings. The number of halogens is 1. The van der Waals surface area contributed by atoms with E-state index in [4.69, 9.17) is 16.6 Å². The standard InChI is InChI=1S/C18H26ClN5O/c1-22-6-7-23(2)16(13-22)12-18-20-17(21-24(18)8-9-25)11-14-4-3-5-15(19)10-14/h3-5,10,16,25H,6-9,11-13H2,1-2H3/t16-/m1/s1. The third-order valence-electron chi connectivity index (χ3n) is 4.75. The van der Waals surface area contributed by atoms with E-state index in [1.807, 2.05) is 28.9 Å². The van der Waals surface area contributed by atoms with Crippen molar-refractivity contribution in [2.75, 3.05) is 40.3 Å². The van der Waals surface area contributed by atoms with Crippen molar-refractivity contribution in [3.63, 3.8) is 0 Å². The van der Waals surface area contributed by atoms with E-state index in [0.29, 0.717) is 19.0 Å². The summed E-state index contributed by atoms with van der Waals surface area (Å²) >= 11 is 6.07. The number of rotatable bonds is 6. The zero-order valence-electron chi connectivity index (χ0n) is 14.9. The van der Waals surface area contributed by atoms with Gasteiger partial charge in [-0.2, -0.15) is 5.10 Å². The Morgan fingerprint density at radius 2 is 2.12 bits per heavy atom. The zero-order chi connectivity index (χ0) is 17.8. The van der Waals surface area contributed by atoms with E-state index >= 15 is 0 Å². The fourth-order valence-electron chi connectivity index (χ4n) is 3.29. The lowest BCUT2D eigenvalue weighted by atomic mass is 10.1. The predicted molar refractivity (Wildman–Crippen MR) is 99.0 cm³/mol. The molecule has 0 saturated carbocycles. The summed E-state index contributed by atoms with van der Waals surface area (Å²) < 4.78 is 1.85. The van der Waals surface area contributed by atoms with Crippen LogP contribution in [-0.4, -0.2) is 76.0 Å². The first-order valence-electron chi connectivity index (χ1n) is 8.72. The van der Waals surface area contributed by atoms with Gasteiger partial charge < -0.3 is 14.9 Å². The Labute approximate surface area is 154 Å². The lowest BCUT2D eigenvalue weighted by molar-refractivity contribution is 0.112. The van der Waals surface area contributed by atoms with Gasteiger partial charge in [0.25, 0.3) is 0 Å². The van der Waals surface area contributed by atoms with Gasteiger partial charge in [-0.1, -0.05) is 23.7 Å². The molecule has 0 radical (unpaired) electrons. The van der Waals surface area contributed by atoms with Crippen LogP contribution >= 0.6 is 11.6 Å². The van der Waals surface area contributed by atoms with Gasteiger partial charge in [0.1, 0.15) is 5.82 Å². The van der Waals surface area contributed by atoms with Crippen molar-refractivity contribution in [1.29, 1.82) is 0 Å². The van der Waals surface area contributed by atoms with Gasteiger partial charge in [0.05, 0.1) is 13.2 Å². The van der Waals surface area contributed by atoms with E-state index in [-0.39, 0.29) is 6.61 Å². The average molecular weight is 364 g/mol. The number of likely N-dealkylation sites (N-methyl/N-ethyl adjacent to an activating group) is 2. The van der Waals surface area contributed by atoms with Crippen molar-refractivity contribution in [2.45, 2.75) is 25.4 Å². The molecule has 1 atom stereocenters. The summed E-state index contributed by atoms with van der Waals surface area (Å²) in [6.45, 7) is 3.71. The summed E-state index contributed by atoms with van der Waals surface area (Å²) in [5, 5.41) is 14.7. The van der Waals surface area contributed by atoms with Gasteiger partial charge in [0, 0.05) is 43.5 Å². The molecule has 136 valence electrons. The summed E-state index contributed by atoms with van der Waals surface area (Å²) in [5.41, 5.74) is 1.09. The van der Waals surface area contributed by atoms with Crippen LogP contribution in [0.4, 0.5) is 0 Å². The van der Waals surface area contributed by atoms with Crippen molar-refractivity contribution in [3.8, 4) is 0 Å². The van der Waals surface area contributed by atoms with Crippen LogP contribution in [0.2, 0.25) is 5.02 Å². The van der Waals surface area contributed by atoms with Crippen molar-refractivity contribution < 1.29 is 5.11 Å². The van der Waals surface area contributed by atoms with Gasteiger partial charge >= 0.3 is 0 Å². The van der Waals surface area contributed by atoms with Gasteiger partial charge in [-0.05, 0) is 31.8 Å². The lowest BCUT2D eigenvalue weighted by Crippen LogP contribution is -2.51. The molecule has 25 heavy (non-hydrogen) atoms. The maximum atomic E-state index is 9.35. The van der Waals surface area contributed by atoms with Crippen LogP contribution in [0.3, 0.4) is 0 Å². The van der Waals surface area contributed by atoms with E-state index in [1.165, 1.54) is 0 Å². The first kappa shape index (κ1) is 18.3. The Kier molecular flexibility index (Phi) is 6.06. The summed E-state index contributed by atoms with van der Waals surface area (Å²) in [5.74, 6) is 1.72. The van der Waals surface area contributed by atoms with E-state index in [9.17, 15) is 5.11 Å². The smallest absolute Gasteiger partial charge is 0.155 e. The summed E-state index contributed by atoms with van der Waals surface area (Å²) in [6.07, 6.45) is 1.48. The molecule has 0 spiro atoms. The minimum absolute atomic E-state index is 0.0629. The Morgan fingerprint density at radius 3 is 2.88 bits per heavy atom. The number of hydrogen-bond donors (Lipinski definition) is 1. The molecule has 0 unspecified atom stereocenters. The zero-order valence-corrected chi connectivity index (χ0v) is 15.7. The number of benzene rings is 1. The minimum Gasteiger partial charge on any atom is -0.394 e. The average Bonchev–Trinajstić information content (AvgIpc) is 2.93. The molecule has 0 aliphatic carbocycles. The normalized spacial score (nSPS) is 19.4. The Morgan fingerprint density at radius 1 is 1.28 bits per heavy atom. The van der Waals surface area contributed by atoms with Crippen LogP contribution < -0.4 is 0 Å². The second-order valence-corrected chi connectivity index (χ2v) is 7.23. The van der Waals surface area contributed by atoms with E-state index < -0.39 is 0 Å². The van der Waals surface area contributed by atoms with Crippen molar-refractivity contribution >= 4 is 11.6 Å². The number of piperazine rings is 1. The molecule has 1 aliphatic heterocycles. The van der Waals surface area contributed by atoms with Gasteiger partial charge in [0.15, 0.2) is 5.82 Å². The molecular formula is C18H26ClN5O. The van der Waals surface area contributed by atoms with Crippen molar-refractivity contribution in [2.24, 2.45) is 0 Å². The molecular weight excluding hydrogens is 338 g/mol. The molecule has 0 amide bonds. The highest BCUT2D eigenvalue weighted by Crippen LogP contribution is 2.16. The van der Waals surface area contributed by atoms with Gasteiger partial charge in [-0.25, -0.2) is 9.67 Å². The number of aliphatic hydroxyl groups excluding tert-OH is 1. The number of aromatic nitrogens is 3. The second kappa shape index (κ2) is 8.27. The SMILES string of the molecule is CN1CCN(C)[C@H](Cc2nc(Cc3cccc(Cl)c3)nn2CCO)C1. The molecule has 1 aromatic carbocycles. The number of nitrogens with zero attached hydrogens (tertiary/aromatic N) is 5. The van der Waals surface area contributed by atoms with E-state index in [0.717, 1.165) is 48.3 Å². The van der Waals surface area contributed by atoms with Crippen LogP contribution in [-0.2, 0) is 19.4 Å². The van der Waals surface area contributed by atoms with Gasteiger partial charge in [0.2, 0.25) is 0 Å². The Bertz CT molecular complexity index is 705. The lowest BCUT2D eigenvalue weighted by Gasteiger charge is -2.37. The largest absolute Gasteiger partial charge is 0.394 e. The number of aliphatic hydroxyl groups is 1. The van der Waals surface area contributed by atoms with Crippen molar-refractivity contribution in [3.05, 3.63) is 46.5 Å². The molecule has 1 saturated heterocycles. The third kappa shape index (κ3) is 4.79. The fourth-order valence-corrected chi connectivity index (χ4v) is 3.50. The summed E-state index contributed by atoms with van der Waals surface area (Å²) in [4.78, 5) is 9.49. The highest BCUT2D eigenvalue weighted by Gasteiger charge is 2.24. The third-order valence-corrected chi connectivity index (χ3v) is 4.99. The molecule has 7 heteroatoms. The highest BCUT2D eigenvalue weighted by molar-refractivity contribution is 6.30. The monoisotopic (exact) mass is 363 g/mol. The molecule has 1 N–H and O–H groups in total. The second-order valence-electron chi connectivity index (χ2n) is 6.80. The predicted octanol–water partition coefficient (Wildman–Crippen LogP) is 1.30. The fraction of sp³-hybridized carbons (Fsp3) is 0.556. The van der Waals surface area contributed by atoms with Gasteiger partial charge in [-0.15, -0.1) is 0 Å². The maximum Gasteiger partial charge on any atom is 0.155 e. The summed E-state index contributed by atoms with van der Waals surface area (Å²) in [6, 6.07) is 8.19. The highest BCUT2D eigenvalue weighted by atomic mass is 35.5. The first-order chi connectivity index (χ1) is 12.0. The summed E-state index contributed by atoms with van der Waals surface area (Å²) in [7, 11) is 4.32. The first-order valence-corrected chi connectivity index (χ1v) is 9.09. The molecule has 1 aromatic heterocycles. The van der Waals surface area contributed by atoms with Crippen molar-refractivity contribution in [1.82, 2.24) is 24.6 Å². The van der Waals surface area contributed by atoms with E-state index in [2.05, 4.69) is 29.0 Å². The Hall–Kier alpha value is -1.47. The quantitative estimate of drug-likeness (QED) is 0.838. The maximum absolute atomic E-state index is 9.35.